The third-order valence-electron chi connectivity index (χ3n) is 2.57. The molecule has 0 heterocycles. The van der Waals surface area contributed by atoms with Crippen molar-refractivity contribution < 1.29 is 13.2 Å². The molecule has 0 aliphatic heterocycles. The van der Waals surface area contributed by atoms with E-state index < -0.39 is 17.5 Å². The fraction of sp³-hybridized carbons (Fsp3) is 0.0714. The van der Waals surface area contributed by atoms with Gasteiger partial charge in [-0.2, -0.15) is 5.26 Å². The van der Waals surface area contributed by atoms with Gasteiger partial charge in [0.15, 0.2) is 11.6 Å². The summed E-state index contributed by atoms with van der Waals surface area (Å²) >= 11 is 0. The van der Waals surface area contributed by atoms with Gasteiger partial charge >= 0.3 is 0 Å². The number of halogens is 3. The van der Waals surface area contributed by atoms with Gasteiger partial charge in [-0.05, 0) is 35.9 Å². The lowest BCUT2D eigenvalue weighted by atomic mass is 10.1. The van der Waals surface area contributed by atoms with Crippen LogP contribution in [0, 0.1) is 28.8 Å². The molecule has 0 unspecified atom stereocenters. The Hall–Kier alpha value is -2.48. The van der Waals surface area contributed by atoms with Crippen LogP contribution in [0.5, 0.6) is 0 Å². The zero-order valence-corrected chi connectivity index (χ0v) is 9.75. The third kappa shape index (κ3) is 3.05. The van der Waals surface area contributed by atoms with E-state index in [0.717, 1.165) is 18.2 Å². The number of nitrogens with one attached hydrogen (secondary N) is 1. The van der Waals surface area contributed by atoms with E-state index in [1.807, 2.05) is 6.07 Å². The first-order valence-electron chi connectivity index (χ1n) is 5.47. The van der Waals surface area contributed by atoms with Crippen molar-refractivity contribution in [1.82, 2.24) is 0 Å². The minimum atomic E-state index is -0.932. The van der Waals surface area contributed by atoms with E-state index in [9.17, 15) is 13.2 Å². The third-order valence-corrected chi connectivity index (χ3v) is 2.57. The Balaban J connectivity index is 2.14. The molecule has 2 aromatic rings. The molecule has 0 saturated carbocycles. The highest BCUT2D eigenvalue weighted by Gasteiger charge is 2.05. The van der Waals surface area contributed by atoms with Crippen molar-refractivity contribution in [1.29, 1.82) is 5.26 Å². The number of nitrogens with zero attached hydrogens (tertiary/aromatic N) is 1. The highest BCUT2D eigenvalue weighted by atomic mass is 19.2. The van der Waals surface area contributed by atoms with Crippen molar-refractivity contribution in [2.45, 2.75) is 6.54 Å². The molecular formula is C14H9F3N2. The van der Waals surface area contributed by atoms with Crippen LogP contribution in [-0.2, 0) is 6.54 Å². The Morgan fingerprint density at radius 2 is 1.79 bits per heavy atom. The van der Waals surface area contributed by atoms with Gasteiger partial charge in [0.25, 0.3) is 0 Å². The molecule has 2 aromatic carbocycles. The SMILES string of the molecule is N#Cc1cc(F)ccc1NCc1ccc(F)c(F)c1. The van der Waals surface area contributed by atoms with E-state index in [1.165, 1.54) is 18.2 Å². The van der Waals surface area contributed by atoms with Gasteiger partial charge in [0.1, 0.15) is 11.9 Å². The van der Waals surface area contributed by atoms with E-state index in [0.29, 0.717) is 11.3 Å². The van der Waals surface area contributed by atoms with Gasteiger partial charge in [-0.1, -0.05) is 6.07 Å². The van der Waals surface area contributed by atoms with Gasteiger partial charge in [-0.3, -0.25) is 0 Å². The molecule has 0 bridgehead atoms. The Bertz CT molecular complexity index is 648. The molecule has 1 N–H and O–H groups in total. The first kappa shape index (κ1) is 13.0. The average Bonchev–Trinajstić information content (AvgIpc) is 2.41. The van der Waals surface area contributed by atoms with Crippen LogP contribution >= 0.6 is 0 Å². The summed E-state index contributed by atoms with van der Waals surface area (Å²) in [5.74, 6) is -2.35. The van der Waals surface area contributed by atoms with Crippen LogP contribution in [0.25, 0.3) is 0 Å². The Kier molecular flexibility index (Phi) is 3.71. The molecule has 0 aromatic heterocycles. The molecule has 2 rings (SSSR count). The van der Waals surface area contributed by atoms with Crippen LogP contribution in [-0.4, -0.2) is 0 Å². The quantitative estimate of drug-likeness (QED) is 0.917. The number of benzene rings is 2. The molecule has 0 fully saturated rings. The molecule has 0 aliphatic rings. The standard InChI is InChI=1S/C14H9F3N2/c15-11-2-4-14(10(6-11)7-18)19-8-9-1-3-12(16)13(17)5-9/h1-6,19H,8H2. The molecular weight excluding hydrogens is 253 g/mol. The fourth-order valence-electron chi connectivity index (χ4n) is 1.61. The van der Waals surface area contributed by atoms with Crippen molar-refractivity contribution in [2.75, 3.05) is 5.32 Å². The fourth-order valence-corrected chi connectivity index (χ4v) is 1.61. The first-order chi connectivity index (χ1) is 9.10. The largest absolute Gasteiger partial charge is 0.380 e. The normalized spacial score (nSPS) is 10.0. The van der Waals surface area contributed by atoms with Gasteiger partial charge in [0.2, 0.25) is 0 Å². The smallest absolute Gasteiger partial charge is 0.159 e. The van der Waals surface area contributed by atoms with Crippen LogP contribution in [0.2, 0.25) is 0 Å². The lowest BCUT2D eigenvalue weighted by molar-refractivity contribution is 0.507. The summed E-state index contributed by atoms with van der Waals surface area (Å²) in [6.07, 6.45) is 0. The zero-order chi connectivity index (χ0) is 13.8. The first-order valence-corrected chi connectivity index (χ1v) is 5.47. The molecule has 0 spiro atoms. The Morgan fingerprint density at radius 3 is 2.47 bits per heavy atom. The number of rotatable bonds is 3. The molecule has 96 valence electrons. The maximum Gasteiger partial charge on any atom is 0.159 e. The van der Waals surface area contributed by atoms with Crippen molar-refractivity contribution in [3.8, 4) is 6.07 Å². The van der Waals surface area contributed by atoms with Crippen LogP contribution in [0.15, 0.2) is 36.4 Å². The number of hydrogen-bond acceptors (Lipinski definition) is 2. The molecule has 19 heavy (non-hydrogen) atoms. The van der Waals surface area contributed by atoms with Crippen LogP contribution in [0.1, 0.15) is 11.1 Å². The molecule has 0 radical (unpaired) electrons. The highest BCUT2D eigenvalue weighted by molar-refractivity contribution is 5.57. The van der Waals surface area contributed by atoms with Gasteiger partial charge in [0, 0.05) is 6.54 Å². The van der Waals surface area contributed by atoms with E-state index in [2.05, 4.69) is 5.32 Å². The van der Waals surface area contributed by atoms with Gasteiger partial charge < -0.3 is 5.32 Å². The second kappa shape index (κ2) is 5.44. The maximum absolute atomic E-state index is 13.0. The van der Waals surface area contributed by atoms with Crippen molar-refractivity contribution in [2.24, 2.45) is 0 Å². The zero-order valence-electron chi connectivity index (χ0n) is 9.75. The summed E-state index contributed by atoms with van der Waals surface area (Å²) in [5, 5.41) is 11.7. The predicted molar refractivity (Wildman–Crippen MR) is 64.8 cm³/mol. The monoisotopic (exact) mass is 262 g/mol. The molecule has 5 heteroatoms. The van der Waals surface area contributed by atoms with Gasteiger partial charge in [-0.25, -0.2) is 13.2 Å². The van der Waals surface area contributed by atoms with Crippen LogP contribution < -0.4 is 5.32 Å². The van der Waals surface area contributed by atoms with Crippen LogP contribution in [0.3, 0.4) is 0 Å². The summed E-state index contributed by atoms with van der Waals surface area (Å²) in [6, 6.07) is 9.13. The number of hydrogen-bond donors (Lipinski definition) is 1. The summed E-state index contributed by atoms with van der Waals surface area (Å²) in [7, 11) is 0. The van der Waals surface area contributed by atoms with Gasteiger partial charge in [-0.15, -0.1) is 0 Å². The Labute approximate surface area is 108 Å². The second-order valence-electron chi connectivity index (χ2n) is 3.90. The molecule has 0 aliphatic carbocycles. The minimum absolute atomic E-state index is 0.155. The maximum atomic E-state index is 13.0. The van der Waals surface area contributed by atoms with E-state index in [1.54, 1.807) is 0 Å². The average molecular weight is 262 g/mol. The topological polar surface area (TPSA) is 35.8 Å². The summed E-state index contributed by atoms with van der Waals surface area (Å²) in [6.45, 7) is 0.206. The van der Waals surface area contributed by atoms with E-state index >= 15 is 0 Å². The van der Waals surface area contributed by atoms with Crippen molar-refractivity contribution in [3.05, 3.63) is 65.0 Å². The summed E-state index contributed by atoms with van der Waals surface area (Å²) < 4.78 is 38.7. The molecule has 2 nitrogen and oxygen atoms in total. The Morgan fingerprint density at radius 1 is 1.00 bits per heavy atom. The number of anilines is 1. The molecule has 0 atom stereocenters. The highest BCUT2D eigenvalue weighted by Crippen LogP contribution is 2.17. The van der Waals surface area contributed by atoms with Crippen molar-refractivity contribution in [3.63, 3.8) is 0 Å². The van der Waals surface area contributed by atoms with Crippen molar-refractivity contribution >= 4 is 5.69 Å². The predicted octanol–water partition coefficient (Wildman–Crippen LogP) is 3.59. The summed E-state index contributed by atoms with van der Waals surface area (Å²) in [4.78, 5) is 0. The minimum Gasteiger partial charge on any atom is -0.380 e. The molecule has 0 amide bonds. The van der Waals surface area contributed by atoms with Gasteiger partial charge in [0.05, 0.1) is 11.3 Å². The summed E-state index contributed by atoms with van der Waals surface area (Å²) in [5.41, 5.74) is 1.11. The lowest BCUT2D eigenvalue weighted by Crippen LogP contribution is -2.02. The second-order valence-corrected chi connectivity index (χ2v) is 3.90. The van der Waals surface area contributed by atoms with E-state index in [-0.39, 0.29) is 12.1 Å². The molecule has 0 saturated heterocycles. The van der Waals surface area contributed by atoms with E-state index in [4.69, 9.17) is 5.26 Å². The number of nitriles is 1. The lowest BCUT2D eigenvalue weighted by Gasteiger charge is -2.08. The van der Waals surface area contributed by atoms with Crippen LogP contribution in [0.4, 0.5) is 18.9 Å².